The summed E-state index contributed by atoms with van der Waals surface area (Å²) in [6.45, 7) is 4.12. The monoisotopic (exact) mass is 401 g/mol. The second-order valence-corrected chi connectivity index (χ2v) is 9.81. The van der Waals surface area contributed by atoms with Crippen molar-refractivity contribution in [1.29, 1.82) is 0 Å². The van der Waals surface area contributed by atoms with E-state index in [1.54, 1.807) is 28.2 Å². The molecule has 27 heavy (non-hydrogen) atoms. The van der Waals surface area contributed by atoms with Gasteiger partial charge in [-0.1, -0.05) is 67.4 Å². The number of thioether (sulfide) groups is 1. The van der Waals surface area contributed by atoms with Crippen molar-refractivity contribution < 1.29 is 8.42 Å². The first kappa shape index (κ1) is 20.0. The molecule has 0 spiro atoms. The fourth-order valence-electron chi connectivity index (χ4n) is 3.24. The average Bonchev–Trinajstić information content (AvgIpc) is 3.06. The van der Waals surface area contributed by atoms with Crippen LogP contribution in [0.15, 0.2) is 70.6 Å². The molecule has 0 radical (unpaired) electrons. The van der Waals surface area contributed by atoms with Crippen molar-refractivity contribution in [3.63, 3.8) is 0 Å². The molecule has 1 aliphatic heterocycles. The van der Waals surface area contributed by atoms with Gasteiger partial charge in [0, 0.05) is 5.75 Å². The van der Waals surface area contributed by atoms with Gasteiger partial charge in [-0.2, -0.15) is 0 Å². The summed E-state index contributed by atoms with van der Waals surface area (Å²) in [4.78, 5) is 0.370. The van der Waals surface area contributed by atoms with Gasteiger partial charge in [-0.3, -0.25) is 4.31 Å². The van der Waals surface area contributed by atoms with Crippen LogP contribution in [0.2, 0.25) is 0 Å². The maximum atomic E-state index is 13.5. The second kappa shape index (κ2) is 8.98. The zero-order chi connectivity index (χ0) is 19.3. The van der Waals surface area contributed by atoms with Gasteiger partial charge in [0.05, 0.1) is 16.0 Å². The molecule has 1 saturated heterocycles. The van der Waals surface area contributed by atoms with E-state index in [4.69, 9.17) is 0 Å². The molecule has 5 heteroatoms. The molecule has 0 bridgehead atoms. The van der Waals surface area contributed by atoms with E-state index in [0.717, 1.165) is 42.0 Å². The van der Waals surface area contributed by atoms with E-state index in [0.29, 0.717) is 4.90 Å². The predicted molar refractivity (Wildman–Crippen MR) is 114 cm³/mol. The standard InChI is InChI=1S/C22H27NO2S2/c1-3-4-6-11-22-23(27(24,25)21-14-12-18(2)13-15-21)20(17-26-22)16-19-9-7-5-8-10-19/h5,7-15,20H,3-4,6,16-17H2,1-2H3. The Balaban J connectivity index is 1.94. The first-order chi connectivity index (χ1) is 13.0. The molecule has 0 aliphatic carbocycles. The third-order valence-corrected chi connectivity index (χ3v) is 7.95. The van der Waals surface area contributed by atoms with Crippen LogP contribution < -0.4 is 0 Å². The van der Waals surface area contributed by atoms with Gasteiger partial charge in [0.2, 0.25) is 0 Å². The van der Waals surface area contributed by atoms with Crippen molar-refractivity contribution in [2.75, 3.05) is 5.75 Å². The zero-order valence-electron chi connectivity index (χ0n) is 16.0. The Kier molecular flexibility index (Phi) is 6.66. The van der Waals surface area contributed by atoms with Gasteiger partial charge in [-0.25, -0.2) is 8.42 Å². The molecule has 0 N–H and O–H groups in total. The van der Waals surface area contributed by atoms with Crippen molar-refractivity contribution in [3.05, 3.63) is 76.8 Å². The SMILES string of the molecule is CCCCC=C1SCC(Cc2ccccc2)N1S(=O)(=O)c1ccc(C)cc1. The van der Waals surface area contributed by atoms with E-state index >= 15 is 0 Å². The van der Waals surface area contributed by atoms with Crippen LogP contribution in [0.1, 0.15) is 37.3 Å². The van der Waals surface area contributed by atoms with Crippen molar-refractivity contribution >= 4 is 21.8 Å². The number of allylic oxidation sites excluding steroid dienone is 1. The van der Waals surface area contributed by atoms with Crippen LogP contribution in [0.5, 0.6) is 0 Å². The highest BCUT2D eigenvalue weighted by Gasteiger charge is 2.38. The second-order valence-electron chi connectivity index (χ2n) is 6.95. The molecule has 0 amide bonds. The summed E-state index contributed by atoms with van der Waals surface area (Å²) in [6, 6.07) is 17.3. The molecule has 3 rings (SSSR count). The van der Waals surface area contributed by atoms with Crippen LogP contribution in [0.25, 0.3) is 0 Å². The summed E-state index contributed by atoms with van der Waals surface area (Å²) >= 11 is 1.66. The van der Waals surface area contributed by atoms with Crippen LogP contribution in [-0.2, 0) is 16.4 Å². The number of hydrogen-bond acceptors (Lipinski definition) is 3. The minimum Gasteiger partial charge on any atom is -0.257 e. The lowest BCUT2D eigenvalue weighted by molar-refractivity contribution is 0.427. The van der Waals surface area contributed by atoms with E-state index < -0.39 is 10.0 Å². The van der Waals surface area contributed by atoms with E-state index in [-0.39, 0.29) is 6.04 Å². The molecule has 2 aromatic carbocycles. The highest BCUT2D eigenvalue weighted by Crippen LogP contribution is 2.39. The summed E-state index contributed by atoms with van der Waals surface area (Å²) in [6.07, 6.45) is 5.92. The van der Waals surface area contributed by atoms with Crippen LogP contribution >= 0.6 is 11.8 Å². The van der Waals surface area contributed by atoms with Crippen LogP contribution in [0.3, 0.4) is 0 Å². The molecule has 0 saturated carbocycles. The highest BCUT2D eigenvalue weighted by atomic mass is 32.2. The maximum Gasteiger partial charge on any atom is 0.264 e. The van der Waals surface area contributed by atoms with Crippen LogP contribution in [-0.4, -0.2) is 24.5 Å². The van der Waals surface area contributed by atoms with Crippen molar-refractivity contribution in [2.24, 2.45) is 0 Å². The van der Waals surface area contributed by atoms with Gasteiger partial charge in [0.25, 0.3) is 10.0 Å². The molecule has 1 heterocycles. The van der Waals surface area contributed by atoms with Crippen molar-refractivity contribution in [3.8, 4) is 0 Å². The fourth-order valence-corrected chi connectivity index (χ4v) is 6.49. The van der Waals surface area contributed by atoms with Gasteiger partial charge in [-0.05, 0) is 43.9 Å². The number of nitrogens with zero attached hydrogens (tertiary/aromatic N) is 1. The molecule has 1 atom stereocenters. The normalized spacial score (nSPS) is 19.0. The summed E-state index contributed by atoms with van der Waals surface area (Å²) in [5.41, 5.74) is 2.23. The number of aryl methyl sites for hydroxylation is 1. The highest BCUT2D eigenvalue weighted by molar-refractivity contribution is 8.04. The number of sulfonamides is 1. The lowest BCUT2D eigenvalue weighted by Crippen LogP contribution is -2.37. The maximum absolute atomic E-state index is 13.5. The smallest absolute Gasteiger partial charge is 0.257 e. The minimum absolute atomic E-state index is 0.0587. The van der Waals surface area contributed by atoms with Gasteiger partial charge in [-0.15, -0.1) is 11.8 Å². The molecule has 1 unspecified atom stereocenters. The largest absolute Gasteiger partial charge is 0.264 e. The zero-order valence-corrected chi connectivity index (χ0v) is 17.6. The van der Waals surface area contributed by atoms with E-state index in [1.165, 1.54) is 5.56 Å². The molecular formula is C22H27NO2S2. The van der Waals surface area contributed by atoms with E-state index in [1.807, 2.05) is 37.3 Å². The Bertz CT molecular complexity index is 874. The number of unbranched alkanes of at least 4 members (excludes halogenated alkanes) is 2. The molecule has 3 nitrogen and oxygen atoms in total. The van der Waals surface area contributed by atoms with Gasteiger partial charge in [0.15, 0.2) is 0 Å². The first-order valence-electron chi connectivity index (χ1n) is 9.50. The van der Waals surface area contributed by atoms with Gasteiger partial charge >= 0.3 is 0 Å². The van der Waals surface area contributed by atoms with Crippen molar-refractivity contribution in [1.82, 2.24) is 4.31 Å². The van der Waals surface area contributed by atoms with Crippen LogP contribution in [0, 0.1) is 6.92 Å². The molecule has 2 aromatic rings. The summed E-state index contributed by atoms with van der Waals surface area (Å²) < 4.78 is 28.6. The topological polar surface area (TPSA) is 37.4 Å². The minimum atomic E-state index is -3.57. The van der Waals surface area contributed by atoms with Crippen LogP contribution in [0.4, 0.5) is 0 Å². The number of benzene rings is 2. The summed E-state index contributed by atoms with van der Waals surface area (Å²) in [7, 11) is -3.57. The third-order valence-electron chi connectivity index (χ3n) is 4.74. The number of rotatable bonds is 7. The fraction of sp³-hybridized carbons (Fsp3) is 0.364. The number of hydrogen-bond donors (Lipinski definition) is 0. The van der Waals surface area contributed by atoms with Gasteiger partial charge < -0.3 is 0 Å². The molecule has 1 fully saturated rings. The van der Waals surface area contributed by atoms with E-state index in [2.05, 4.69) is 25.1 Å². The quantitative estimate of drug-likeness (QED) is 0.585. The van der Waals surface area contributed by atoms with Gasteiger partial charge in [0.1, 0.15) is 0 Å². The Morgan fingerprint density at radius 3 is 2.48 bits per heavy atom. The summed E-state index contributed by atoms with van der Waals surface area (Å²) in [5, 5.41) is 0.880. The molecule has 0 aromatic heterocycles. The molecular weight excluding hydrogens is 374 g/mol. The Hall–Kier alpha value is -1.72. The first-order valence-corrected chi connectivity index (χ1v) is 11.9. The molecule has 144 valence electrons. The molecule has 1 aliphatic rings. The van der Waals surface area contributed by atoms with Crippen molar-refractivity contribution in [2.45, 2.75) is 50.5 Å². The Morgan fingerprint density at radius 1 is 1.11 bits per heavy atom. The summed E-state index contributed by atoms with van der Waals surface area (Å²) in [5.74, 6) is 0.790. The predicted octanol–water partition coefficient (Wildman–Crippen LogP) is 5.38. The average molecular weight is 402 g/mol. The lowest BCUT2D eigenvalue weighted by atomic mass is 10.1. The Morgan fingerprint density at radius 2 is 1.81 bits per heavy atom. The lowest BCUT2D eigenvalue weighted by Gasteiger charge is -2.26. The Labute approximate surface area is 167 Å². The van der Waals surface area contributed by atoms with E-state index in [9.17, 15) is 8.42 Å². The third kappa shape index (κ3) is 4.77.